The number of anilines is 1. The molecule has 0 spiro atoms. The van der Waals surface area contributed by atoms with Gasteiger partial charge in [-0.3, -0.25) is 4.79 Å². The quantitative estimate of drug-likeness (QED) is 0.823. The van der Waals surface area contributed by atoms with Gasteiger partial charge in [-0.15, -0.1) is 0 Å². The maximum Gasteiger partial charge on any atom is 0.253 e. The van der Waals surface area contributed by atoms with Gasteiger partial charge in [-0.25, -0.2) is 8.42 Å². The van der Waals surface area contributed by atoms with Crippen LogP contribution in [0, 0.1) is 0 Å². The summed E-state index contributed by atoms with van der Waals surface area (Å²) in [5.41, 5.74) is 6.60. The van der Waals surface area contributed by atoms with Gasteiger partial charge >= 0.3 is 0 Å². The van der Waals surface area contributed by atoms with Crippen molar-refractivity contribution in [3.8, 4) is 0 Å². The van der Waals surface area contributed by atoms with Crippen LogP contribution in [0.25, 0.3) is 0 Å². The summed E-state index contributed by atoms with van der Waals surface area (Å²) in [6.07, 6.45) is 0. The van der Waals surface area contributed by atoms with Crippen LogP contribution < -0.4 is 5.73 Å². The second-order valence-corrected chi connectivity index (χ2v) is 6.99. The predicted molar refractivity (Wildman–Crippen MR) is 76.7 cm³/mol. The first-order valence-electron chi connectivity index (χ1n) is 6.10. The number of nitrogens with zero attached hydrogens (tertiary/aromatic N) is 1. The minimum Gasteiger partial charge on any atom is -0.399 e. The van der Waals surface area contributed by atoms with Crippen LogP contribution in [0.1, 0.15) is 24.2 Å². The van der Waals surface area contributed by atoms with E-state index in [1.165, 1.54) is 4.90 Å². The summed E-state index contributed by atoms with van der Waals surface area (Å²) in [5.74, 6) is -0.183. The van der Waals surface area contributed by atoms with E-state index in [0.717, 1.165) is 0 Å². The van der Waals surface area contributed by atoms with Gasteiger partial charge in [-0.2, -0.15) is 0 Å². The molecule has 1 rings (SSSR count). The lowest BCUT2D eigenvalue weighted by Gasteiger charge is -2.24. The maximum atomic E-state index is 12.2. The molecule has 0 bridgehead atoms. The Morgan fingerprint density at radius 1 is 1.42 bits per heavy atom. The summed E-state index contributed by atoms with van der Waals surface area (Å²) in [5, 5.41) is 0. The molecule has 0 aliphatic carbocycles. The van der Waals surface area contributed by atoms with Crippen LogP contribution in [0.5, 0.6) is 0 Å². The summed E-state index contributed by atoms with van der Waals surface area (Å²) in [4.78, 5) is 13.6. The zero-order chi connectivity index (χ0) is 14.6. The Morgan fingerprint density at radius 3 is 2.58 bits per heavy atom. The average Bonchev–Trinajstić information content (AvgIpc) is 2.36. The van der Waals surface area contributed by atoms with Crippen molar-refractivity contribution in [1.29, 1.82) is 0 Å². The largest absolute Gasteiger partial charge is 0.399 e. The van der Waals surface area contributed by atoms with E-state index in [2.05, 4.69) is 0 Å². The van der Waals surface area contributed by atoms with Crippen molar-refractivity contribution >= 4 is 21.4 Å². The fraction of sp³-hybridized carbons (Fsp3) is 0.462. The summed E-state index contributed by atoms with van der Waals surface area (Å²) < 4.78 is 23.1. The Morgan fingerprint density at radius 2 is 2.05 bits per heavy atom. The molecule has 106 valence electrons. The number of nitrogens with two attached hydrogens (primary N) is 1. The van der Waals surface area contributed by atoms with Gasteiger partial charge in [-0.05, 0) is 25.1 Å². The molecular formula is C13H20N2O3S. The smallest absolute Gasteiger partial charge is 0.253 e. The van der Waals surface area contributed by atoms with Crippen LogP contribution in [0.2, 0.25) is 0 Å². The molecular weight excluding hydrogens is 264 g/mol. The molecule has 5 nitrogen and oxygen atoms in total. The van der Waals surface area contributed by atoms with Gasteiger partial charge in [0, 0.05) is 30.1 Å². The number of benzene rings is 1. The molecule has 0 aliphatic heterocycles. The van der Waals surface area contributed by atoms with Crippen molar-refractivity contribution < 1.29 is 13.2 Å². The van der Waals surface area contributed by atoms with Crippen molar-refractivity contribution in [3.63, 3.8) is 0 Å². The van der Waals surface area contributed by atoms with Crippen LogP contribution >= 0.6 is 0 Å². The van der Waals surface area contributed by atoms with E-state index in [0.29, 0.717) is 11.3 Å². The van der Waals surface area contributed by atoms with Gasteiger partial charge in [0.1, 0.15) is 0 Å². The molecule has 0 aromatic heterocycles. The average molecular weight is 284 g/mol. The van der Waals surface area contributed by atoms with Crippen molar-refractivity contribution in [2.24, 2.45) is 0 Å². The SMILES string of the molecule is CCS(=O)(=O)CC(C)N(C)C(=O)c1cccc(N)c1. The van der Waals surface area contributed by atoms with Crippen LogP contribution in [-0.4, -0.2) is 43.8 Å². The van der Waals surface area contributed by atoms with E-state index in [-0.39, 0.29) is 23.5 Å². The van der Waals surface area contributed by atoms with Crippen molar-refractivity contribution in [1.82, 2.24) is 4.90 Å². The summed E-state index contributed by atoms with van der Waals surface area (Å²) in [6, 6.07) is 6.26. The molecule has 19 heavy (non-hydrogen) atoms. The van der Waals surface area contributed by atoms with Gasteiger partial charge < -0.3 is 10.6 Å². The van der Waals surface area contributed by atoms with E-state index in [1.807, 2.05) is 0 Å². The zero-order valence-corrected chi connectivity index (χ0v) is 12.3. The van der Waals surface area contributed by atoms with Gasteiger partial charge in [-0.1, -0.05) is 13.0 Å². The topological polar surface area (TPSA) is 80.5 Å². The summed E-state index contributed by atoms with van der Waals surface area (Å²) >= 11 is 0. The number of carbonyl (C=O) groups excluding carboxylic acids is 1. The monoisotopic (exact) mass is 284 g/mol. The molecule has 1 amide bonds. The number of carbonyl (C=O) groups is 1. The molecule has 0 heterocycles. The van der Waals surface area contributed by atoms with Crippen molar-refractivity contribution in [2.75, 3.05) is 24.3 Å². The highest BCUT2D eigenvalue weighted by Gasteiger charge is 2.22. The standard InChI is InChI=1S/C13H20N2O3S/c1-4-19(17,18)9-10(2)15(3)13(16)11-6-5-7-12(14)8-11/h5-8,10H,4,9,14H2,1-3H3. The van der Waals surface area contributed by atoms with Gasteiger partial charge in [0.2, 0.25) is 0 Å². The van der Waals surface area contributed by atoms with Crippen LogP contribution in [0.3, 0.4) is 0 Å². The van der Waals surface area contributed by atoms with Crippen LogP contribution in [0.15, 0.2) is 24.3 Å². The first kappa shape index (κ1) is 15.5. The van der Waals surface area contributed by atoms with Gasteiger partial charge in [0.15, 0.2) is 9.84 Å². The molecule has 1 atom stereocenters. The number of rotatable bonds is 5. The maximum absolute atomic E-state index is 12.2. The van der Waals surface area contributed by atoms with Crippen molar-refractivity contribution in [2.45, 2.75) is 19.9 Å². The first-order valence-corrected chi connectivity index (χ1v) is 7.92. The Hall–Kier alpha value is -1.56. The lowest BCUT2D eigenvalue weighted by molar-refractivity contribution is 0.0757. The molecule has 6 heteroatoms. The Balaban J connectivity index is 2.83. The molecule has 1 unspecified atom stereocenters. The highest BCUT2D eigenvalue weighted by Crippen LogP contribution is 2.11. The summed E-state index contributed by atoms with van der Waals surface area (Å²) in [6.45, 7) is 3.32. The fourth-order valence-electron chi connectivity index (χ4n) is 1.67. The highest BCUT2D eigenvalue weighted by atomic mass is 32.2. The van der Waals surface area contributed by atoms with E-state index in [9.17, 15) is 13.2 Å². The molecule has 1 aromatic rings. The van der Waals surface area contributed by atoms with E-state index < -0.39 is 9.84 Å². The predicted octanol–water partition coefficient (Wildman–Crippen LogP) is 1.16. The number of sulfone groups is 1. The van der Waals surface area contributed by atoms with Gasteiger partial charge in [0.25, 0.3) is 5.91 Å². The molecule has 1 aromatic carbocycles. The molecule has 0 radical (unpaired) electrons. The minimum atomic E-state index is -3.11. The molecule has 0 saturated carbocycles. The third kappa shape index (κ3) is 4.24. The number of hydrogen-bond donors (Lipinski definition) is 1. The lowest BCUT2D eigenvalue weighted by atomic mass is 10.1. The second kappa shape index (κ2) is 6.06. The second-order valence-electron chi connectivity index (χ2n) is 4.59. The van der Waals surface area contributed by atoms with Gasteiger partial charge in [0.05, 0.1) is 5.75 Å². The third-order valence-corrected chi connectivity index (χ3v) is 4.92. The van der Waals surface area contributed by atoms with E-state index in [4.69, 9.17) is 5.73 Å². The fourth-order valence-corrected chi connectivity index (χ4v) is 2.87. The molecule has 0 aliphatic rings. The van der Waals surface area contributed by atoms with Crippen molar-refractivity contribution in [3.05, 3.63) is 29.8 Å². The lowest BCUT2D eigenvalue weighted by Crippen LogP contribution is -2.39. The van der Waals surface area contributed by atoms with E-state index >= 15 is 0 Å². The normalized spacial score (nSPS) is 13.0. The highest BCUT2D eigenvalue weighted by molar-refractivity contribution is 7.91. The number of nitrogen functional groups attached to an aromatic ring is 1. The Bertz CT molecular complexity index is 555. The van der Waals surface area contributed by atoms with Crippen LogP contribution in [-0.2, 0) is 9.84 Å². The molecule has 2 N–H and O–H groups in total. The minimum absolute atomic E-state index is 0.0337. The molecule has 0 fully saturated rings. The zero-order valence-electron chi connectivity index (χ0n) is 11.5. The number of hydrogen-bond acceptors (Lipinski definition) is 4. The third-order valence-electron chi connectivity index (χ3n) is 3.05. The Labute approximate surface area is 114 Å². The number of amides is 1. The first-order chi connectivity index (χ1) is 8.76. The molecule has 0 saturated heterocycles. The Kier molecular flexibility index (Phi) is 4.94. The van der Waals surface area contributed by atoms with E-state index in [1.54, 1.807) is 45.2 Å². The summed E-state index contributed by atoms with van der Waals surface area (Å²) in [7, 11) is -1.51. The van der Waals surface area contributed by atoms with Crippen LogP contribution in [0.4, 0.5) is 5.69 Å².